The van der Waals surface area contributed by atoms with E-state index in [2.05, 4.69) is 10.1 Å². The summed E-state index contributed by atoms with van der Waals surface area (Å²) in [7, 11) is 0. The number of carbonyl (C=O) groups is 2. The van der Waals surface area contributed by atoms with Crippen LogP contribution in [0.2, 0.25) is 10.0 Å². The minimum atomic E-state index is -1.02. The minimum Gasteiger partial charge on any atom is -0.480 e. The van der Waals surface area contributed by atoms with Gasteiger partial charge in [-0.05, 0) is 25.0 Å². The monoisotopic (exact) mass is 382 g/mol. The SMILES string of the molecule is CCc1nc(C(=O)N2CCCC2C(=O)O)nn1-c1c(Cl)cccc1Cl. The molecule has 1 atom stereocenters. The van der Waals surface area contributed by atoms with Crippen molar-refractivity contribution in [2.45, 2.75) is 32.2 Å². The Morgan fingerprint density at radius 1 is 1.32 bits per heavy atom. The van der Waals surface area contributed by atoms with Crippen LogP contribution in [0.3, 0.4) is 0 Å². The van der Waals surface area contributed by atoms with E-state index in [1.165, 1.54) is 9.58 Å². The van der Waals surface area contributed by atoms with E-state index in [0.717, 1.165) is 0 Å². The first kappa shape index (κ1) is 17.7. The summed E-state index contributed by atoms with van der Waals surface area (Å²) >= 11 is 12.5. The molecule has 2 aromatic rings. The lowest BCUT2D eigenvalue weighted by atomic mass is 10.2. The zero-order valence-electron chi connectivity index (χ0n) is 13.4. The molecule has 7 nitrogen and oxygen atoms in total. The molecule has 0 spiro atoms. The molecule has 1 aromatic heterocycles. The van der Waals surface area contributed by atoms with Crippen molar-refractivity contribution in [1.29, 1.82) is 0 Å². The number of aromatic nitrogens is 3. The van der Waals surface area contributed by atoms with Crippen LogP contribution < -0.4 is 0 Å². The molecule has 1 aliphatic rings. The van der Waals surface area contributed by atoms with Crippen LogP contribution in [0.25, 0.3) is 5.69 Å². The van der Waals surface area contributed by atoms with Gasteiger partial charge in [0.15, 0.2) is 0 Å². The van der Waals surface area contributed by atoms with E-state index < -0.39 is 17.9 Å². The Morgan fingerprint density at radius 3 is 2.60 bits per heavy atom. The summed E-state index contributed by atoms with van der Waals surface area (Å²) in [5, 5.41) is 14.3. The first-order valence-corrected chi connectivity index (χ1v) is 8.63. The molecular formula is C16H16Cl2N4O3. The summed E-state index contributed by atoms with van der Waals surface area (Å²) in [6.07, 6.45) is 1.57. The van der Waals surface area contributed by atoms with Gasteiger partial charge < -0.3 is 10.0 Å². The van der Waals surface area contributed by atoms with Crippen LogP contribution >= 0.6 is 23.2 Å². The predicted octanol–water partition coefficient (Wildman–Crippen LogP) is 2.83. The van der Waals surface area contributed by atoms with Crippen molar-refractivity contribution in [3.63, 3.8) is 0 Å². The fourth-order valence-corrected chi connectivity index (χ4v) is 3.49. The van der Waals surface area contributed by atoms with Crippen molar-refractivity contribution in [2.24, 2.45) is 0 Å². The molecule has 1 amide bonds. The highest BCUT2D eigenvalue weighted by Crippen LogP contribution is 2.29. The normalized spacial score (nSPS) is 17.1. The van der Waals surface area contributed by atoms with E-state index in [-0.39, 0.29) is 5.82 Å². The topological polar surface area (TPSA) is 88.3 Å². The molecule has 1 saturated heterocycles. The highest BCUT2D eigenvalue weighted by Gasteiger charge is 2.36. The van der Waals surface area contributed by atoms with Crippen molar-refractivity contribution in [3.8, 4) is 5.69 Å². The van der Waals surface area contributed by atoms with E-state index in [4.69, 9.17) is 23.2 Å². The van der Waals surface area contributed by atoms with Crippen molar-refractivity contribution in [2.75, 3.05) is 6.54 Å². The summed E-state index contributed by atoms with van der Waals surface area (Å²) in [4.78, 5) is 29.6. The number of carboxylic acids is 1. The molecule has 132 valence electrons. The Labute approximate surface area is 154 Å². The van der Waals surface area contributed by atoms with Crippen molar-refractivity contribution in [1.82, 2.24) is 19.7 Å². The number of aryl methyl sites for hydroxylation is 1. The molecule has 1 aromatic carbocycles. The Morgan fingerprint density at radius 2 is 2.00 bits per heavy atom. The van der Waals surface area contributed by atoms with E-state index >= 15 is 0 Å². The molecule has 1 fully saturated rings. The van der Waals surface area contributed by atoms with Crippen LogP contribution in [0, 0.1) is 0 Å². The molecule has 1 unspecified atom stereocenters. The maximum atomic E-state index is 12.7. The smallest absolute Gasteiger partial charge is 0.326 e. The zero-order valence-corrected chi connectivity index (χ0v) is 15.0. The summed E-state index contributed by atoms with van der Waals surface area (Å²) in [5.74, 6) is -1.05. The van der Waals surface area contributed by atoms with Crippen LogP contribution in [0.15, 0.2) is 18.2 Å². The van der Waals surface area contributed by atoms with E-state index in [0.29, 0.717) is 47.4 Å². The maximum Gasteiger partial charge on any atom is 0.326 e. The van der Waals surface area contributed by atoms with E-state index in [1.807, 2.05) is 6.92 Å². The van der Waals surface area contributed by atoms with Gasteiger partial charge in [0, 0.05) is 13.0 Å². The number of carbonyl (C=O) groups excluding carboxylic acids is 1. The van der Waals surface area contributed by atoms with Crippen LogP contribution in [0.4, 0.5) is 0 Å². The van der Waals surface area contributed by atoms with Gasteiger partial charge in [-0.1, -0.05) is 36.2 Å². The van der Waals surface area contributed by atoms with Gasteiger partial charge in [0.05, 0.1) is 10.0 Å². The van der Waals surface area contributed by atoms with Gasteiger partial charge in [-0.2, -0.15) is 0 Å². The highest BCUT2D eigenvalue weighted by atomic mass is 35.5. The summed E-state index contributed by atoms with van der Waals surface area (Å²) in [5.41, 5.74) is 0.449. The number of carboxylic acid groups (broad SMARTS) is 1. The second kappa shape index (κ2) is 7.01. The number of aliphatic carboxylic acids is 1. The quantitative estimate of drug-likeness (QED) is 0.877. The first-order chi connectivity index (χ1) is 11.9. The molecule has 1 aliphatic heterocycles. The third-order valence-corrected chi connectivity index (χ3v) is 4.74. The molecule has 2 heterocycles. The van der Waals surface area contributed by atoms with E-state index in [1.54, 1.807) is 18.2 Å². The molecule has 0 aliphatic carbocycles. The number of likely N-dealkylation sites (tertiary alicyclic amines) is 1. The molecular weight excluding hydrogens is 367 g/mol. The third-order valence-electron chi connectivity index (χ3n) is 4.13. The van der Waals surface area contributed by atoms with Crippen LogP contribution in [0.5, 0.6) is 0 Å². The molecule has 3 rings (SSSR count). The Hall–Kier alpha value is -2.12. The van der Waals surface area contributed by atoms with Crippen LogP contribution in [-0.2, 0) is 11.2 Å². The van der Waals surface area contributed by atoms with Gasteiger partial charge >= 0.3 is 5.97 Å². The first-order valence-electron chi connectivity index (χ1n) is 7.88. The predicted molar refractivity (Wildman–Crippen MR) is 92.5 cm³/mol. The molecule has 0 radical (unpaired) electrons. The number of hydrogen-bond donors (Lipinski definition) is 1. The van der Waals surface area contributed by atoms with Gasteiger partial charge in [0.2, 0.25) is 5.82 Å². The van der Waals surface area contributed by atoms with Crippen molar-refractivity contribution >= 4 is 35.1 Å². The fourth-order valence-electron chi connectivity index (χ4n) is 2.93. The largest absolute Gasteiger partial charge is 0.480 e. The second-order valence-corrected chi connectivity index (χ2v) is 6.50. The number of nitrogens with zero attached hydrogens (tertiary/aromatic N) is 4. The lowest BCUT2D eigenvalue weighted by Gasteiger charge is -2.19. The lowest BCUT2D eigenvalue weighted by molar-refractivity contribution is -0.141. The number of para-hydroxylation sites is 1. The van der Waals surface area contributed by atoms with Gasteiger partial charge in [-0.15, -0.1) is 5.10 Å². The van der Waals surface area contributed by atoms with Gasteiger partial charge in [-0.3, -0.25) is 4.79 Å². The summed E-state index contributed by atoms with van der Waals surface area (Å²) in [6.45, 7) is 2.24. The van der Waals surface area contributed by atoms with Gasteiger partial charge in [0.25, 0.3) is 5.91 Å². The Balaban J connectivity index is 2.01. The second-order valence-electron chi connectivity index (χ2n) is 5.68. The third kappa shape index (κ3) is 3.21. The lowest BCUT2D eigenvalue weighted by Crippen LogP contribution is -2.40. The average Bonchev–Trinajstić information content (AvgIpc) is 3.21. The Kier molecular flexibility index (Phi) is 4.96. The standard InChI is InChI=1S/C16H16Cl2N4O3/c1-2-12-19-14(15(23)21-8-4-7-11(21)16(24)25)20-22(12)13-9(17)5-3-6-10(13)18/h3,5-6,11H,2,4,7-8H2,1H3,(H,24,25). The number of hydrogen-bond acceptors (Lipinski definition) is 4. The zero-order chi connectivity index (χ0) is 18.1. The fraction of sp³-hybridized carbons (Fsp3) is 0.375. The molecule has 1 N–H and O–H groups in total. The number of halogens is 2. The highest BCUT2D eigenvalue weighted by molar-refractivity contribution is 6.37. The van der Waals surface area contributed by atoms with Crippen LogP contribution in [0.1, 0.15) is 36.2 Å². The number of amides is 1. The number of rotatable bonds is 4. The molecule has 9 heteroatoms. The minimum absolute atomic E-state index is 0.0546. The van der Waals surface area contributed by atoms with E-state index in [9.17, 15) is 14.7 Å². The molecule has 0 saturated carbocycles. The molecule has 25 heavy (non-hydrogen) atoms. The Bertz CT molecular complexity index is 817. The summed E-state index contributed by atoms with van der Waals surface area (Å²) < 4.78 is 1.45. The summed E-state index contributed by atoms with van der Waals surface area (Å²) in [6, 6.07) is 4.22. The van der Waals surface area contributed by atoms with Gasteiger partial charge in [-0.25, -0.2) is 14.5 Å². The maximum absolute atomic E-state index is 12.7. The number of benzene rings is 1. The van der Waals surface area contributed by atoms with Gasteiger partial charge in [0.1, 0.15) is 17.6 Å². The molecule has 0 bridgehead atoms. The van der Waals surface area contributed by atoms with Crippen molar-refractivity contribution < 1.29 is 14.7 Å². The van der Waals surface area contributed by atoms with Crippen molar-refractivity contribution in [3.05, 3.63) is 39.9 Å². The average molecular weight is 383 g/mol. The van der Waals surface area contributed by atoms with Crippen LogP contribution in [-0.4, -0.2) is 49.2 Å².